The van der Waals surface area contributed by atoms with Gasteiger partial charge in [-0.1, -0.05) is 31.3 Å². The molecule has 0 saturated heterocycles. The number of aliphatic hydroxyl groups excluding tert-OH is 1. The molecule has 0 saturated carbocycles. The van der Waals surface area contributed by atoms with Crippen molar-refractivity contribution in [2.24, 2.45) is 0 Å². The Morgan fingerprint density at radius 2 is 2.10 bits per heavy atom. The van der Waals surface area contributed by atoms with Crippen molar-refractivity contribution >= 4 is 27.5 Å². The SMILES string of the molecule is COc1ccc(CC(O)c2snnc2C(C)(C)C)cc1Br. The number of halogens is 1. The van der Waals surface area contributed by atoms with Gasteiger partial charge in [0.05, 0.1) is 28.3 Å². The molecule has 1 N–H and O–H groups in total. The lowest BCUT2D eigenvalue weighted by atomic mass is 9.89. The Balaban J connectivity index is 2.21. The molecule has 1 aromatic heterocycles. The molecule has 4 nitrogen and oxygen atoms in total. The van der Waals surface area contributed by atoms with Crippen molar-refractivity contribution in [3.05, 3.63) is 38.8 Å². The zero-order chi connectivity index (χ0) is 15.6. The summed E-state index contributed by atoms with van der Waals surface area (Å²) in [6.07, 6.45) is -0.0743. The van der Waals surface area contributed by atoms with Crippen LogP contribution in [0.4, 0.5) is 0 Å². The van der Waals surface area contributed by atoms with E-state index in [9.17, 15) is 5.11 Å². The lowest BCUT2D eigenvalue weighted by Gasteiger charge is -2.19. The van der Waals surface area contributed by atoms with Gasteiger partial charge >= 0.3 is 0 Å². The molecule has 1 unspecified atom stereocenters. The molecule has 1 atom stereocenters. The first kappa shape index (κ1) is 16.4. The van der Waals surface area contributed by atoms with E-state index in [1.807, 2.05) is 18.2 Å². The third-order valence-electron chi connectivity index (χ3n) is 3.17. The molecule has 0 fully saturated rings. The van der Waals surface area contributed by atoms with Crippen LogP contribution >= 0.6 is 27.5 Å². The van der Waals surface area contributed by atoms with Crippen molar-refractivity contribution in [2.45, 2.75) is 38.7 Å². The molecule has 0 amide bonds. The lowest BCUT2D eigenvalue weighted by Crippen LogP contribution is -2.16. The second-order valence-electron chi connectivity index (χ2n) is 5.92. The number of nitrogens with zero attached hydrogens (tertiary/aromatic N) is 2. The number of rotatable bonds is 4. The van der Waals surface area contributed by atoms with E-state index in [-0.39, 0.29) is 5.41 Å². The molecule has 0 aliphatic carbocycles. The predicted octanol–water partition coefficient (Wildman–Crippen LogP) is 3.88. The minimum Gasteiger partial charge on any atom is -0.496 e. The zero-order valence-electron chi connectivity index (χ0n) is 12.6. The molecule has 0 spiro atoms. The van der Waals surface area contributed by atoms with Crippen molar-refractivity contribution in [2.75, 3.05) is 7.11 Å². The Labute approximate surface area is 137 Å². The Hall–Kier alpha value is -0.980. The maximum atomic E-state index is 10.5. The van der Waals surface area contributed by atoms with Crippen LogP contribution in [0.1, 0.15) is 43.0 Å². The highest BCUT2D eigenvalue weighted by Crippen LogP contribution is 2.33. The van der Waals surface area contributed by atoms with Crippen LogP contribution in [0.25, 0.3) is 0 Å². The summed E-state index contributed by atoms with van der Waals surface area (Å²) in [5, 5.41) is 14.7. The van der Waals surface area contributed by atoms with E-state index in [4.69, 9.17) is 4.74 Å². The van der Waals surface area contributed by atoms with Gasteiger partial charge in [0, 0.05) is 11.8 Å². The number of hydrogen-bond donors (Lipinski definition) is 1. The first-order valence-corrected chi connectivity index (χ1v) is 8.22. The average Bonchev–Trinajstić information content (AvgIpc) is 2.88. The molecule has 114 valence electrons. The van der Waals surface area contributed by atoms with Gasteiger partial charge in [-0.3, -0.25) is 0 Å². The summed E-state index contributed by atoms with van der Waals surface area (Å²) in [6.45, 7) is 6.22. The van der Waals surface area contributed by atoms with E-state index < -0.39 is 6.10 Å². The number of benzene rings is 1. The van der Waals surface area contributed by atoms with Crippen molar-refractivity contribution in [1.29, 1.82) is 0 Å². The summed E-state index contributed by atoms with van der Waals surface area (Å²) < 4.78 is 10.1. The Bertz CT molecular complexity index is 622. The maximum absolute atomic E-state index is 10.5. The highest BCUT2D eigenvalue weighted by Gasteiger charge is 2.26. The van der Waals surface area contributed by atoms with Crippen molar-refractivity contribution < 1.29 is 9.84 Å². The summed E-state index contributed by atoms with van der Waals surface area (Å²) >= 11 is 4.73. The van der Waals surface area contributed by atoms with E-state index in [2.05, 4.69) is 46.3 Å². The number of hydrogen-bond acceptors (Lipinski definition) is 5. The second kappa shape index (κ2) is 6.42. The molecule has 1 aromatic carbocycles. The largest absolute Gasteiger partial charge is 0.496 e. The normalized spacial score (nSPS) is 13.2. The number of aromatic nitrogens is 2. The molecule has 2 rings (SSSR count). The summed E-state index contributed by atoms with van der Waals surface area (Å²) in [4.78, 5) is 0.842. The van der Waals surface area contributed by atoms with Gasteiger partial charge in [-0.15, -0.1) is 5.10 Å². The predicted molar refractivity (Wildman–Crippen MR) is 88.0 cm³/mol. The average molecular weight is 371 g/mol. The van der Waals surface area contributed by atoms with Crippen LogP contribution in [0.5, 0.6) is 5.75 Å². The summed E-state index contributed by atoms with van der Waals surface area (Å²) in [7, 11) is 1.63. The van der Waals surface area contributed by atoms with Gasteiger partial charge in [-0.05, 0) is 45.2 Å². The van der Waals surface area contributed by atoms with Crippen LogP contribution < -0.4 is 4.74 Å². The Morgan fingerprint density at radius 1 is 1.38 bits per heavy atom. The van der Waals surface area contributed by atoms with Crippen molar-refractivity contribution in [1.82, 2.24) is 9.59 Å². The summed E-state index contributed by atoms with van der Waals surface area (Å²) in [5.41, 5.74) is 1.78. The van der Waals surface area contributed by atoms with Gasteiger partial charge in [-0.25, -0.2) is 0 Å². The topological polar surface area (TPSA) is 55.2 Å². The minimum atomic E-state index is -0.598. The van der Waals surface area contributed by atoms with Crippen LogP contribution in [0.2, 0.25) is 0 Å². The van der Waals surface area contributed by atoms with Crippen LogP contribution in [-0.4, -0.2) is 21.8 Å². The fourth-order valence-corrected chi connectivity index (χ4v) is 3.53. The van der Waals surface area contributed by atoms with E-state index in [0.717, 1.165) is 26.4 Å². The molecule has 0 aliphatic rings. The number of aliphatic hydroxyl groups is 1. The molecule has 6 heteroatoms. The van der Waals surface area contributed by atoms with Gasteiger partial charge in [0.25, 0.3) is 0 Å². The Kier molecular flexibility index (Phi) is 5.01. The van der Waals surface area contributed by atoms with E-state index in [1.54, 1.807) is 7.11 Å². The summed E-state index contributed by atoms with van der Waals surface area (Å²) in [6, 6.07) is 5.81. The first-order valence-electron chi connectivity index (χ1n) is 6.66. The Morgan fingerprint density at radius 3 is 2.67 bits per heavy atom. The van der Waals surface area contributed by atoms with Crippen LogP contribution in [0.15, 0.2) is 22.7 Å². The quantitative estimate of drug-likeness (QED) is 0.886. The third-order valence-corrected chi connectivity index (χ3v) is 4.62. The molecule has 0 radical (unpaired) electrons. The first-order chi connectivity index (χ1) is 9.82. The zero-order valence-corrected chi connectivity index (χ0v) is 15.0. The molecule has 21 heavy (non-hydrogen) atoms. The van der Waals surface area contributed by atoms with Crippen LogP contribution in [0.3, 0.4) is 0 Å². The fourth-order valence-electron chi connectivity index (χ4n) is 2.09. The molecule has 0 bridgehead atoms. The van der Waals surface area contributed by atoms with Gasteiger partial charge in [0.1, 0.15) is 5.75 Å². The smallest absolute Gasteiger partial charge is 0.133 e. The second-order valence-corrected chi connectivity index (χ2v) is 7.56. The van der Waals surface area contributed by atoms with Gasteiger partial charge < -0.3 is 9.84 Å². The maximum Gasteiger partial charge on any atom is 0.133 e. The highest BCUT2D eigenvalue weighted by atomic mass is 79.9. The number of methoxy groups -OCH3 is 1. The van der Waals surface area contributed by atoms with Gasteiger partial charge in [0.15, 0.2) is 0 Å². The van der Waals surface area contributed by atoms with Gasteiger partial charge in [-0.2, -0.15) is 0 Å². The van der Waals surface area contributed by atoms with E-state index in [1.165, 1.54) is 11.5 Å². The van der Waals surface area contributed by atoms with Gasteiger partial charge in [0.2, 0.25) is 0 Å². The highest BCUT2D eigenvalue weighted by molar-refractivity contribution is 9.10. The fraction of sp³-hybridized carbons (Fsp3) is 0.467. The molecule has 2 aromatic rings. The van der Waals surface area contributed by atoms with Crippen LogP contribution in [0, 0.1) is 0 Å². The molecule has 1 heterocycles. The lowest BCUT2D eigenvalue weighted by molar-refractivity contribution is 0.179. The monoisotopic (exact) mass is 370 g/mol. The molecular formula is C15H19BrN2O2S. The standard InChI is InChI=1S/C15H19BrN2O2S/c1-15(2,3)14-13(21-18-17-14)11(19)8-9-5-6-12(20-4)10(16)7-9/h5-7,11,19H,8H2,1-4H3. The van der Waals surface area contributed by atoms with Crippen LogP contribution in [-0.2, 0) is 11.8 Å². The van der Waals surface area contributed by atoms with E-state index in [0.29, 0.717) is 6.42 Å². The number of ether oxygens (including phenoxy) is 1. The van der Waals surface area contributed by atoms with Crippen molar-refractivity contribution in [3.63, 3.8) is 0 Å². The summed E-state index contributed by atoms with van der Waals surface area (Å²) in [5.74, 6) is 0.781. The third kappa shape index (κ3) is 3.81. The van der Waals surface area contributed by atoms with Crippen molar-refractivity contribution in [3.8, 4) is 5.75 Å². The van der Waals surface area contributed by atoms with E-state index >= 15 is 0 Å². The molecule has 0 aliphatic heterocycles. The minimum absolute atomic E-state index is 0.121. The molecular weight excluding hydrogens is 352 g/mol.